The van der Waals surface area contributed by atoms with Crippen LogP contribution in [-0.2, 0) is 6.54 Å². The predicted molar refractivity (Wildman–Crippen MR) is 108 cm³/mol. The van der Waals surface area contributed by atoms with Crippen LogP contribution in [0.4, 0.5) is 0 Å². The van der Waals surface area contributed by atoms with Crippen molar-refractivity contribution in [3.8, 4) is 5.75 Å². The summed E-state index contributed by atoms with van der Waals surface area (Å²) in [6.07, 6.45) is 5.31. The van der Waals surface area contributed by atoms with Crippen LogP contribution >= 0.6 is 23.2 Å². The molecule has 25 heavy (non-hydrogen) atoms. The molecule has 3 nitrogen and oxygen atoms in total. The first-order chi connectivity index (χ1) is 12.0. The van der Waals surface area contributed by atoms with Gasteiger partial charge < -0.3 is 9.64 Å². The fourth-order valence-electron chi connectivity index (χ4n) is 3.54. The second-order valence-electron chi connectivity index (χ2n) is 7.44. The van der Waals surface area contributed by atoms with E-state index in [4.69, 9.17) is 27.9 Å². The molecule has 1 fully saturated rings. The van der Waals surface area contributed by atoms with E-state index >= 15 is 0 Å². The van der Waals surface area contributed by atoms with Crippen LogP contribution in [0.25, 0.3) is 0 Å². The van der Waals surface area contributed by atoms with E-state index in [9.17, 15) is 0 Å². The van der Waals surface area contributed by atoms with Gasteiger partial charge in [-0.15, -0.1) is 0 Å². The van der Waals surface area contributed by atoms with Gasteiger partial charge in [-0.3, -0.25) is 4.90 Å². The van der Waals surface area contributed by atoms with Crippen molar-refractivity contribution in [2.75, 3.05) is 39.8 Å². The van der Waals surface area contributed by atoms with Gasteiger partial charge in [0.15, 0.2) is 0 Å². The second-order valence-corrected chi connectivity index (χ2v) is 8.20. The summed E-state index contributed by atoms with van der Waals surface area (Å²) in [4.78, 5) is 5.10. The lowest BCUT2D eigenvalue weighted by molar-refractivity contribution is 0.190. The lowest BCUT2D eigenvalue weighted by atomic mass is 10.1. The normalized spacial score (nSPS) is 16.0. The Morgan fingerprint density at radius 2 is 1.84 bits per heavy atom. The summed E-state index contributed by atoms with van der Waals surface area (Å²) < 4.78 is 5.25. The standard InChI is InChI=1S/C20H32Cl2N2O/c1-16(2)14-24(13-7-12-23-10-5-4-6-11-23)15-17-8-9-18(25-3)20(22)19(17)21/h8-9,16H,4-7,10-15H2,1-3H3. The van der Waals surface area contributed by atoms with Crippen LogP contribution < -0.4 is 4.74 Å². The number of benzene rings is 1. The zero-order valence-corrected chi connectivity index (χ0v) is 17.4. The molecule has 5 heteroatoms. The fourth-order valence-corrected chi connectivity index (χ4v) is 4.02. The lowest BCUT2D eigenvalue weighted by Gasteiger charge is -2.29. The van der Waals surface area contributed by atoms with E-state index in [1.54, 1.807) is 7.11 Å². The van der Waals surface area contributed by atoms with Crippen LogP contribution in [0.15, 0.2) is 12.1 Å². The molecule has 2 rings (SSSR count). The highest BCUT2D eigenvalue weighted by Crippen LogP contribution is 2.35. The topological polar surface area (TPSA) is 15.7 Å². The summed E-state index contributed by atoms with van der Waals surface area (Å²) in [5.41, 5.74) is 1.08. The Hall–Kier alpha value is -0.480. The number of hydrogen-bond donors (Lipinski definition) is 0. The monoisotopic (exact) mass is 386 g/mol. The molecule has 1 aromatic rings. The Balaban J connectivity index is 1.93. The summed E-state index contributed by atoms with van der Waals surface area (Å²) >= 11 is 12.8. The van der Waals surface area contributed by atoms with E-state index in [1.807, 2.05) is 12.1 Å². The highest BCUT2D eigenvalue weighted by atomic mass is 35.5. The van der Waals surface area contributed by atoms with Gasteiger partial charge >= 0.3 is 0 Å². The van der Waals surface area contributed by atoms with Crippen LogP contribution in [0, 0.1) is 5.92 Å². The number of piperidine rings is 1. The van der Waals surface area contributed by atoms with E-state index in [-0.39, 0.29) is 0 Å². The van der Waals surface area contributed by atoms with Gasteiger partial charge in [0.2, 0.25) is 0 Å². The van der Waals surface area contributed by atoms with Crippen LogP contribution in [0.2, 0.25) is 10.0 Å². The Labute approximate surface area is 163 Å². The number of methoxy groups -OCH3 is 1. The van der Waals surface area contributed by atoms with E-state index in [1.165, 1.54) is 45.3 Å². The molecule has 1 saturated heterocycles. The molecule has 0 aliphatic carbocycles. The molecule has 1 aliphatic rings. The van der Waals surface area contributed by atoms with Gasteiger partial charge in [0.05, 0.1) is 12.1 Å². The number of hydrogen-bond acceptors (Lipinski definition) is 3. The van der Waals surface area contributed by atoms with Crippen molar-refractivity contribution in [1.29, 1.82) is 0 Å². The Bertz CT molecular complexity index is 531. The summed E-state index contributed by atoms with van der Waals surface area (Å²) in [6, 6.07) is 3.94. The maximum absolute atomic E-state index is 6.47. The van der Waals surface area contributed by atoms with Gasteiger partial charge in [0.25, 0.3) is 0 Å². The van der Waals surface area contributed by atoms with Crippen molar-refractivity contribution in [1.82, 2.24) is 9.80 Å². The first-order valence-electron chi connectivity index (χ1n) is 9.46. The summed E-state index contributed by atoms with van der Waals surface area (Å²) in [5, 5.41) is 1.13. The number of likely N-dealkylation sites (tertiary alicyclic amines) is 1. The molecule has 142 valence electrons. The zero-order valence-electron chi connectivity index (χ0n) is 15.9. The third-order valence-corrected chi connectivity index (χ3v) is 5.67. The van der Waals surface area contributed by atoms with Crippen LogP contribution in [0.1, 0.15) is 45.1 Å². The molecular weight excluding hydrogens is 355 g/mol. The van der Waals surface area contributed by atoms with Gasteiger partial charge in [0.1, 0.15) is 10.8 Å². The van der Waals surface area contributed by atoms with Crippen molar-refractivity contribution < 1.29 is 4.74 Å². The third-order valence-electron chi connectivity index (χ3n) is 4.76. The summed E-state index contributed by atoms with van der Waals surface area (Å²) in [6.45, 7) is 11.3. The Morgan fingerprint density at radius 1 is 1.12 bits per heavy atom. The predicted octanol–water partition coefficient (Wildman–Crippen LogP) is 5.34. The molecule has 0 N–H and O–H groups in total. The molecule has 1 aromatic carbocycles. The smallest absolute Gasteiger partial charge is 0.138 e. The molecule has 1 aliphatic heterocycles. The van der Waals surface area contributed by atoms with E-state index in [0.717, 1.165) is 25.2 Å². The quantitative estimate of drug-likeness (QED) is 0.569. The maximum atomic E-state index is 6.47. The molecule has 0 radical (unpaired) electrons. The molecule has 0 aromatic heterocycles. The lowest BCUT2D eigenvalue weighted by Crippen LogP contribution is -2.34. The van der Waals surface area contributed by atoms with Gasteiger partial charge in [-0.1, -0.05) is 49.5 Å². The van der Waals surface area contributed by atoms with Crippen molar-refractivity contribution in [2.45, 2.75) is 46.1 Å². The van der Waals surface area contributed by atoms with Crippen LogP contribution in [-0.4, -0.2) is 49.6 Å². The van der Waals surface area contributed by atoms with Crippen LogP contribution in [0.5, 0.6) is 5.75 Å². The minimum absolute atomic E-state index is 0.513. The van der Waals surface area contributed by atoms with Gasteiger partial charge in [-0.25, -0.2) is 0 Å². The van der Waals surface area contributed by atoms with Crippen LogP contribution in [0.3, 0.4) is 0 Å². The molecule has 1 heterocycles. The molecule has 0 unspecified atom stereocenters. The SMILES string of the molecule is COc1ccc(CN(CCCN2CCCCC2)CC(C)C)c(Cl)c1Cl. The van der Waals surface area contributed by atoms with E-state index in [2.05, 4.69) is 23.6 Å². The molecular formula is C20H32Cl2N2O. The highest BCUT2D eigenvalue weighted by molar-refractivity contribution is 6.43. The van der Waals surface area contributed by atoms with Crippen molar-refractivity contribution in [3.63, 3.8) is 0 Å². The average Bonchev–Trinajstić information content (AvgIpc) is 2.59. The minimum Gasteiger partial charge on any atom is -0.495 e. The summed E-state index contributed by atoms with van der Waals surface area (Å²) in [7, 11) is 1.61. The first-order valence-corrected chi connectivity index (χ1v) is 10.2. The number of rotatable bonds is 9. The van der Waals surface area contributed by atoms with Gasteiger partial charge in [-0.05, 0) is 63.0 Å². The minimum atomic E-state index is 0.513. The van der Waals surface area contributed by atoms with E-state index in [0.29, 0.717) is 21.7 Å². The second kappa shape index (κ2) is 10.6. The zero-order chi connectivity index (χ0) is 18.2. The number of ether oxygens (including phenoxy) is 1. The molecule has 0 amide bonds. The number of nitrogens with zero attached hydrogens (tertiary/aromatic N) is 2. The average molecular weight is 387 g/mol. The first kappa shape index (κ1) is 20.8. The molecule has 0 bridgehead atoms. The molecule has 0 spiro atoms. The van der Waals surface area contributed by atoms with Crippen molar-refractivity contribution in [2.24, 2.45) is 5.92 Å². The van der Waals surface area contributed by atoms with Gasteiger partial charge in [0, 0.05) is 13.1 Å². The number of halogens is 2. The van der Waals surface area contributed by atoms with Crippen molar-refractivity contribution in [3.05, 3.63) is 27.7 Å². The maximum Gasteiger partial charge on any atom is 0.138 e. The highest BCUT2D eigenvalue weighted by Gasteiger charge is 2.16. The third kappa shape index (κ3) is 6.63. The van der Waals surface area contributed by atoms with E-state index < -0.39 is 0 Å². The van der Waals surface area contributed by atoms with Gasteiger partial charge in [-0.2, -0.15) is 0 Å². The largest absolute Gasteiger partial charge is 0.495 e. The molecule has 0 saturated carbocycles. The fraction of sp³-hybridized carbons (Fsp3) is 0.700. The Morgan fingerprint density at radius 3 is 2.48 bits per heavy atom. The van der Waals surface area contributed by atoms with Crippen molar-refractivity contribution >= 4 is 23.2 Å². The summed E-state index contributed by atoms with van der Waals surface area (Å²) in [5.74, 6) is 1.26. The molecule has 0 atom stereocenters. The Kier molecular flexibility index (Phi) is 8.84.